The van der Waals surface area contributed by atoms with Gasteiger partial charge in [0.25, 0.3) is 0 Å². The summed E-state index contributed by atoms with van der Waals surface area (Å²) in [6.07, 6.45) is 5.60. The Kier molecular flexibility index (Phi) is 7.70. The fourth-order valence-electron chi connectivity index (χ4n) is 1.08. The van der Waals surface area contributed by atoms with Crippen LogP contribution in [0.25, 0.3) is 0 Å². The number of rotatable bonds is 8. The molecule has 0 atom stereocenters. The van der Waals surface area contributed by atoms with Crippen molar-refractivity contribution in [1.82, 2.24) is 5.32 Å². The van der Waals surface area contributed by atoms with E-state index in [0.29, 0.717) is 12.5 Å². The molecule has 90 valence electrons. The first-order chi connectivity index (χ1) is 6.98. The maximum absolute atomic E-state index is 11.1. The first kappa shape index (κ1) is 14.6. The van der Waals surface area contributed by atoms with Crippen molar-refractivity contribution < 1.29 is 8.42 Å². The van der Waals surface area contributed by atoms with Crippen molar-refractivity contribution in [2.45, 2.75) is 39.7 Å². The van der Waals surface area contributed by atoms with Crippen LogP contribution in [0, 0.1) is 0 Å². The van der Waals surface area contributed by atoms with Crippen LogP contribution >= 0.6 is 0 Å². The molecule has 1 N–H and O–H groups in total. The molecule has 0 rings (SSSR count). The molecule has 0 aromatic carbocycles. The summed E-state index contributed by atoms with van der Waals surface area (Å²) in [5.41, 5.74) is 0. The molecule has 4 heteroatoms. The predicted octanol–water partition coefficient (Wildman–Crippen LogP) is 1.76. The average Bonchev–Trinajstić information content (AvgIpc) is 2.16. The third-order valence-electron chi connectivity index (χ3n) is 2.07. The lowest BCUT2D eigenvalue weighted by Crippen LogP contribution is -2.23. The second kappa shape index (κ2) is 7.88. The molecule has 0 heterocycles. The van der Waals surface area contributed by atoms with Crippen LogP contribution in [0.3, 0.4) is 0 Å². The van der Waals surface area contributed by atoms with Gasteiger partial charge in [0, 0.05) is 11.8 Å². The molecule has 0 bridgehead atoms. The minimum atomic E-state index is -2.79. The number of allylic oxidation sites excluding steroid dienone is 1. The van der Waals surface area contributed by atoms with Crippen molar-refractivity contribution in [1.29, 1.82) is 0 Å². The molecule has 0 spiro atoms. The molecule has 0 saturated heterocycles. The Balaban J connectivity index is 3.48. The third-order valence-corrected chi connectivity index (χ3v) is 3.80. The summed E-state index contributed by atoms with van der Waals surface area (Å²) in [6.45, 7) is 6.86. The Morgan fingerprint density at radius 1 is 1.20 bits per heavy atom. The van der Waals surface area contributed by atoms with Gasteiger partial charge in [-0.3, -0.25) is 0 Å². The van der Waals surface area contributed by atoms with Gasteiger partial charge < -0.3 is 5.32 Å². The van der Waals surface area contributed by atoms with Gasteiger partial charge in [-0.2, -0.15) is 0 Å². The van der Waals surface area contributed by atoms with Crippen molar-refractivity contribution in [2.24, 2.45) is 0 Å². The maximum atomic E-state index is 11.1. The molecule has 0 amide bonds. The van der Waals surface area contributed by atoms with Gasteiger partial charge in [-0.15, -0.1) is 0 Å². The van der Waals surface area contributed by atoms with Crippen molar-refractivity contribution in [2.75, 3.05) is 18.1 Å². The Labute approximate surface area is 93.9 Å². The van der Waals surface area contributed by atoms with Crippen LogP contribution < -0.4 is 5.32 Å². The molecule has 15 heavy (non-hydrogen) atoms. The zero-order valence-corrected chi connectivity index (χ0v) is 10.8. The van der Waals surface area contributed by atoms with Gasteiger partial charge in [0.2, 0.25) is 0 Å². The summed E-state index contributed by atoms with van der Waals surface area (Å²) in [4.78, 5) is 0. The molecular weight excluding hydrogens is 210 g/mol. The molecule has 0 aromatic heterocycles. The summed E-state index contributed by atoms with van der Waals surface area (Å²) in [5, 5.41) is 3.29. The quantitative estimate of drug-likeness (QED) is 0.513. The Hall–Kier alpha value is -0.350. The minimum absolute atomic E-state index is 0.246. The predicted molar refractivity (Wildman–Crippen MR) is 65.8 cm³/mol. The summed E-state index contributed by atoms with van der Waals surface area (Å²) < 4.78 is 22.3. The monoisotopic (exact) mass is 233 g/mol. The summed E-state index contributed by atoms with van der Waals surface area (Å²) >= 11 is 0. The smallest absolute Gasteiger partial charge is 0.150 e. The highest BCUT2D eigenvalue weighted by molar-refractivity contribution is 7.91. The minimum Gasteiger partial charge on any atom is -0.314 e. The van der Waals surface area contributed by atoms with Gasteiger partial charge >= 0.3 is 0 Å². The van der Waals surface area contributed by atoms with E-state index in [1.165, 1.54) is 0 Å². The van der Waals surface area contributed by atoms with Crippen molar-refractivity contribution >= 4 is 9.84 Å². The third kappa shape index (κ3) is 9.94. The molecule has 0 aliphatic carbocycles. The van der Waals surface area contributed by atoms with E-state index in [1.807, 2.05) is 12.2 Å². The van der Waals surface area contributed by atoms with Crippen molar-refractivity contribution in [3.63, 3.8) is 0 Å². The second-order valence-electron chi connectivity index (χ2n) is 3.89. The molecule has 0 saturated carbocycles. The van der Waals surface area contributed by atoms with E-state index >= 15 is 0 Å². The van der Waals surface area contributed by atoms with Crippen LogP contribution in [0.15, 0.2) is 12.2 Å². The maximum Gasteiger partial charge on any atom is 0.150 e. The molecule has 0 unspecified atom stereocenters. The van der Waals surface area contributed by atoms with E-state index in [0.717, 1.165) is 13.0 Å². The molecule has 0 aromatic rings. The first-order valence-electron chi connectivity index (χ1n) is 5.56. The van der Waals surface area contributed by atoms with Crippen LogP contribution in [0.2, 0.25) is 0 Å². The average molecular weight is 233 g/mol. The highest BCUT2D eigenvalue weighted by atomic mass is 32.2. The van der Waals surface area contributed by atoms with Crippen LogP contribution in [0.1, 0.15) is 33.6 Å². The van der Waals surface area contributed by atoms with Gasteiger partial charge in [0.05, 0.1) is 5.75 Å². The summed E-state index contributed by atoms with van der Waals surface area (Å²) in [5.74, 6) is 0.521. The topological polar surface area (TPSA) is 46.2 Å². The lowest BCUT2D eigenvalue weighted by Gasteiger charge is -2.04. The molecule has 3 nitrogen and oxygen atoms in total. The van der Waals surface area contributed by atoms with Gasteiger partial charge in [-0.05, 0) is 19.4 Å². The van der Waals surface area contributed by atoms with Gasteiger partial charge in [0.1, 0.15) is 9.84 Å². The second-order valence-corrected chi connectivity index (χ2v) is 6.37. The van der Waals surface area contributed by atoms with Crippen LogP contribution in [0.5, 0.6) is 0 Å². The van der Waals surface area contributed by atoms with Gasteiger partial charge in [0.15, 0.2) is 0 Å². The SMILES string of the molecule is CCS(=O)(=O)CC/C=C/CCNC(C)C. The summed E-state index contributed by atoms with van der Waals surface area (Å²) in [7, 11) is -2.79. The Morgan fingerprint density at radius 3 is 2.33 bits per heavy atom. The van der Waals surface area contributed by atoms with Crippen molar-refractivity contribution in [3.8, 4) is 0 Å². The highest BCUT2D eigenvalue weighted by Crippen LogP contribution is 1.95. The van der Waals surface area contributed by atoms with Crippen LogP contribution in [-0.2, 0) is 9.84 Å². The van der Waals surface area contributed by atoms with Crippen molar-refractivity contribution in [3.05, 3.63) is 12.2 Å². The zero-order chi connectivity index (χ0) is 11.7. The number of hydrogen-bond acceptors (Lipinski definition) is 3. The number of sulfone groups is 1. The van der Waals surface area contributed by atoms with E-state index in [9.17, 15) is 8.42 Å². The summed E-state index contributed by atoms with van der Waals surface area (Å²) in [6, 6.07) is 0.513. The lowest BCUT2D eigenvalue weighted by atomic mass is 10.3. The normalized spacial score (nSPS) is 12.8. The van der Waals surface area contributed by atoms with Gasteiger partial charge in [-0.25, -0.2) is 8.42 Å². The first-order valence-corrected chi connectivity index (χ1v) is 7.39. The molecule has 0 fully saturated rings. The highest BCUT2D eigenvalue weighted by Gasteiger charge is 2.03. The van der Waals surface area contributed by atoms with E-state index < -0.39 is 9.84 Å². The van der Waals surface area contributed by atoms with Gasteiger partial charge in [-0.1, -0.05) is 32.9 Å². The van der Waals surface area contributed by atoms with E-state index in [1.54, 1.807) is 6.92 Å². The standard InChI is InChI=1S/C11H23NO2S/c1-4-15(13,14)10-8-6-5-7-9-12-11(2)3/h5-6,11-12H,4,7-10H2,1-3H3/b6-5+. The lowest BCUT2D eigenvalue weighted by molar-refractivity contribution is 0.594. The fraction of sp³-hybridized carbons (Fsp3) is 0.818. The Morgan fingerprint density at radius 2 is 1.80 bits per heavy atom. The van der Waals surface area contributed by atoms with Crippen LogP contribution in [-0.4, -0.2) is 32.5 Å². The van der Waals surface area contributed by atoms with E-state index in [4.69, 9.17) is 0 Å². The number of nitrogens with one attached hydrogen (secondary N) is 1. The van der Waals surface area contributed by atoms with E-state index in [2.05, 4.69) is 19.2 Å². The molecule has 0 radical (unpaired) electrons. The molecule has 0 aliphatic heterocycles. The van der Waals surface area contributed by atoms with E-state index in [-0.39, 0.29) is 11.5 Å². The zero-order valence-electron chi connectivity index (χ0n) is 9.99. The van der Waals surface area contributed by atoms with Crippen LogP contribution in [0.4, 0.5) is 0 Å². The largest absolute Gasteiger partial charge is 0.314 e. The fourth-order valence-corrected chi connectivity index (χ4v) is 1.87. The Bertz CT molecular complexity index is 268. The molecule has 0 aliphatic rings. The number of hydrogen-bond donors (Lipinski definition) is 1. The molecular formula is C11H23NO2S.